The lowest BCUT2D eigenvalue weighted by atomic mass is 10.1. The number of carbonyl (C=O) groups excluding carboxylic acids is 1. The van der Waals surface area contributed by atoms with E-state index in [1.165, 1.54) is 0 Å². The fourth-order valence-electron chi connectivity index (χ4n) is 2.02. The van der Waals surface area contributed by atoms with Crippen molar-refractivity contribution in [1.82, 2.24) is 10.6 Å². The Balaban J connectivity index is 1.87. The van der Waals surface area contributed by atoms with E-state index in [0.29, 0.717) is 16.8 Å². The summed E-state index contributed by atoms with van der Waals surface area (Å²) in [6.45, 7) is 5.22. The van der Waals surface area contributed by atoms with Crippen LogP contribution in [0.1, 0.15) is 44.7 Å². The summed E-state index contributed by atoms with van der Waals surface area (Å²) in [5, 5.41) is 6.83. The van der Waals surface area contributed by atoms with E-state index >= 15 is 0 Å². The van der Waals surface area contributed by atoms with E-state index in [1.807, 2.05) is 18.2 Å². The molecule has 1 aromatic rings. The third kappa shape index (κ3) is 5.21. The van der Waals surface area contributed by atoms with Crippen molar-refractivity contribution >= 4 is 17.5 Å². The van der Waals surface area contributed by atoms with Crippen molar-refractivity contribution in [2.75, 3.05) is 13.2 Å². The zero-order valence-corrected chi connectivity index (χ0v) is 13.4. The van der Waals surface area contributed by atoms with Gasteiger partial charge in [0.05, 0.1) is 5.02 Å². The van der Waals surface area contributed by atoms with Gasteiger partial charge in [0.1, 0.15) is 5.75 Å². The molecule has 1 fully saturated rings. The fourth-order valence-corrected chi connectivity index (χ4v) is 2.27. The zero-order chi connectivity index (χ0) is 15.2. The van der Waals surface area contributed by atoms with Crippen LogP contribution in [-0.4, -0.2) is 25.1 Å². The summed E-state index contributed by atoms with van der Waals surface area (Å²) in [6.07, 6.45) is 3.24. The molecule has 1 unspecified atom stereocenters. The van der Waals surface area contributed by atoms with Gasteiger partial charge in [0.15, 0.2) is 6.61 Å². The molecule has 5 heteroatoms. The lowest BCUT2D eigenvalue weighted by Gasteiger charge is -2.15. The Morgan fingerprint density at radius 1 is 1.48 bits per heavy atom. The van der Waals surface area contributed by atoms with Crippen molar-refractivity contribution in [2.24, 2.45) is 0 Å². The lowest BCUT2D eigenvalue weighted by Crippen LogP contribution is -2.30. The van der Waals surface area contributed by atoms with Crippen LogP contribution in [0.5, 0.6) is 5.75 Å². The predicted molar refractivity (Wildman–Crippen MR) is 84.8 cm³/mol. The minimum Gasteiger partial charge on any atom is -0.482 e. The Morgan fingerprint density at radius 2 is 2.24 bits per heavy atom. The normalized spacial score (nSPS) is 15.6. The zero-order valence-electron chi connectivity index (χ0n) is 12.6. The highest BCUT2D eigenvalue weighted by Crippen LogP contribution is 2.28. The minimum absolute atomic E-state index is 0.0131. The molecular weight excluding hydrogens is 288 g/mol. The van der Waals surface area contributed by atoms with Gasteiger partial charge >= 0.3 is 0 Å². The number of carbonyl (C=O) groups is 1. The number of nitrogens with one attached hydrogen (secondary N) is 2. The number of amides is 1. The van der Waals surface area contributed by atoms with E-state index in [9.17, 15) is 4.79 Å². The maximum atomic E-state index is 11.6. The summed E-state index contributed by atoms with van der Waals surface area (Å²) < 4.78 is 5.48. The molecule has 0 bridgehead atoms. The third-order valence-electron chi connectivity index (χ3n) is 3.46. The molecule has 2 rings (SSSR count). The summed E-state index contributed by atoms with van der Waals surface area (Å²) in [4.78, 5) is 11.6. The number of hydrogen-bond acceptors (Lipinski definition) is 3. The molecule has 0 aliphatic heterocycles. The van der Waals surface area contributed by atoms with Gasteiger partial charge in [0.25, 0.3) is 5.91 Å². The second-order valence-corrected chi connectivity index (χ2v) is 5.90. The van der Waals surface area contributed by atoms with Crippen LogP contribution in [0.2, 0.25) is 5.02 Å². The van der Waals surface area contributed by atoms with Crippen LogP contribution in [0, 0.1) is 0 Å². The third-order valence-corrected chi connectivity index (χ3v) is 3.75. The average molecular weight is 311 g/mol. The molecule has 1 amide bonds. The van der Waals surface area contributed by atoms with Crippen LogP contribution in [0.3, 0.4) is 0 Å². The average Bonchev–Trinajstić information content (AvgIpc) is 3.27. The predicted octanol–water partition coefficient (Wildman–Crippen LogP) is 3.06. The van der Waals surface area contributed by atoms with Crippen LogP contribution in [0.25, 0.3) is 0 Å². The largest absolute Gasteiger partial charge is 0.482 e. The summed E-state index contributed by atoms with van der Waals surface area (Å²) in [5.41, 5.74) is 1.11. The molecule has 21 heavy (non-hydrogen) atoms. The van der Waals surface area contributed by atoms with Gasteiger partial charge in [-0.3, -0.25) is 4.79 Å². The molecule has 0 aromatic heterocycles. The quantitative estimate of drug-likeness (QED) is 0.776. The fraction of sp³-hybridized carbons (Fsp3) is 0.562. The van der Waals surface area contributed by atoms with E-state index in [1.54, 1.807) is 0 Å². The number of hydrogen-bond donors (Lipinski definition) is 2. The highest BCUT2D eigenvalue weighted by atomic mass is 35.5. The Kier molecular flexibility index (Phi) is 5.88. The molecule has 1 aromatic carbocycles. The van der Waals surface area contributed by atoms with Gasteiger partial charge in [-0.2, -0.15) is 0 Å². The van der Waals surface area contributed by atoms with Crippen molar-refractivity contribution in [1.29, 1.82) is 0 Å². The van der Waals surface area contributed by atoms with Crippen LogP contribution in [-0.2, 0) is 4.79 Å². The summed E-state index contributed by atoms with van der Waals surface area (Å²) >= 11 is 6.22. The molecule has 1 aliphatic rings. The first kappa shape index (κ1) is 16.1. The Labute approximate surface area is 131 Å². The highest BCUT2D eigenvalue weighted by molar-refractivity contribution is 6.32. The summed E-state index contributed by atoms with van der Waals surface area (Å²) in [7, 11) is 0. The number of ether oxygens (including phenoxy) is 1. The number of halogens is 1. The molecule has 1 atom stereocenters. The maximum absolute atomic E-state index is 11.6. The number of rotatable bonds is 8. The molecule has 0 radical (unpaired) electrons. The Bertz CT molecular complexity index is 489. The highest BCUT2D eigenvalue weighted by Gasteiger charge is 2.23. The lowest BCUT2D eigenvalue weighted by molar-refractivity contribution is -0.123. The smallest absolute Gasteiger partial charge is 0.258 e. The molecule has 1 saturated carbocycles. The Morgan fingerprint density at radius 3 is 2.86 bits per heavy atom. The van der Waals surface area contributed by atoms with Gasteiger partial charge in [-0.15, -0.1) is 0 Å². The van der Waals surface area contributed by atoms with Crippen molar-refractivity contribution in [2.45, 2.75) is 45.2 Å². The maximum Gasteiger partial charge on any atom is 0.258 e. The van der Waals surface area contributed by atoms with E-state index < -0.39 is 0 Å². The van der Waals surface area contributed by atoms with E-state index in [2.05, 4.69) is 24.5 Å². The van der Waals surface area contributed by atoms with Crippen LogP contribution < -0.4 is 15.4 Å². The van der Waals surface area contributed by atoms with Gasteiger partial charge in [0.2, 0.25) is 0 Å². The van der Waals surface area contributed by atoms with Crippen molar-refractivity contribution in [3.63, 3.8) is 0 Å². The topological polar surface area (TPSA) is 50.4 Å². The molecule has 0 spiro atoms. The van der Waals surface area contributed by atoms with Gasteiger partial charge in [-0.25, -0.2) is 0 Å². The van der Waals surface area contributed by atoms with E-state index in [4.69, 9.17) is 16.3 Å². The Hall–Kier alpha value is -1.26. The first-order chi connectivity index (χ1) is 10.1. The first-order valence-corrected chi connectivity index (χ1v) is 7.93. The molecule has 4 nitrogen and oxygen atoms in total. The molecule has 2 N–H and O–H groups in total. The second kappa shape index (κ2) is 7.66. The molecule has 116 valence electrons. The van der Waals surface area contributed by atoms with Gasteiger partial charge in [0, 0.05) is 12.1 Å². The van der Waals surface area contributed by atoms with E-state index in [-0.39, 0.29) is 18.6 Å². The first-order valence-electron chi connectivity index (χ1n) is 7.55. The standard InChI is InChI=1S/C16H23ClN2O2/c1-3-8-18-11(2)12-4-7-15(14(17)9-12)21-10-16(20)19-13-5-6-13/h4,7,9,11,13,18H,3,5-6,8,10H2,1-2H3,(H,19,20). The minimum atomic E-state index is -0.0874. The second-order valence-electron chi connectivity index (χ2n) is 5.50. The van der Waals surface area contributed by atoms with Gasteiger partial charge in [-0.1, -0.05) is 24.6 Å². The van der Waals surface area contributed by atoms with Crippen LogP contribution >= 0.6 is 11.6 Å². The van der Waals surface area contributed by atoms with Crippen molar-refractivity contribution in [3.05, 3.63) is 28.8 Å². The van der Waals surface area contributed by atoms with Crippen LogP contribution in [0.15, 0.2) is 18.2 Å². The molecular formula is C16H23ClN2O2. The van der Waals surface area contributed by atoms with E-state index in [0.717, 1.165) is 31.4 Å². The SMILES string of the molecule is CCCNC(C)c1ccc(OCC(=O)NC2CC2)c(Cl)c1. The molecule has 0 saturated heterocycles. The molecule has 0 heterocycles. The van der Waals surface area contributed by atoms with Crippen molar-refractivity contribution < 1.29 is 9.53 Å². The van der Waals surface area contributed by atoms with Gasteiger partial charge in [-0.05, 0) is 50.4 Å². The monoisotopic (exact) mass is 310 g/mol. The van der Waals surface area contributed by atoms with Crippen LogP contribution in [0.4, 0.5) is 0 Å². The number of benzene rings is 1. The van der Waals surface area contributed by atoms with Gasteiger partial charge < -0.3 is 15.4 Å². The summed E-state index contributed by atoms with van der Waals surface area (Å²) in [6, 6.07) is 6.29. The van der Waals surface area contributed by atoms with Crippen molar-refractivity contribution in [3.8, 4) is 5.75 Å². The molecule has 1 aliphatic carbocycles. The summed E-state index contributed by atoms with van der Waals surface area (Å²) in [5.74, 6) is 0.463.